The molecule has 0 atom stereocenters. The highest BCUT2D eigenvalue weighted by Crippen LogP contribution is 2.21. The molecular formula is C9H12O4. The molecule has 13 heavy (non-hydrogen) atoms. The molecule has 0 amide bonds. The van der Waals surface area contributed by atoms with Gasteiger partial charge in [-0.2, -0.15) is 0 Å². The fourth-order valence-corrected chi connectivity index (χ4v) is 1.20. The molecule has 0 saturated carbocycles. The van der Waals surface area contributed by atoms with E-state index in [2.05, 4.69) is 0 Å². The molecule has 0 aliphatic heterocycles. The van der Waals surface area contributed by atoms with Crippen LogP contribution in [0.2, 0.25) is 0 Å². The summed E-state index contributed by atoms with van der Waals surface area (Å²) in [5, 5.41) is 0. The summed E-state index contributed by atoms with van der Waals surface area (Å²) in [5.41, 5.74) is 0.323. The largest absolute Gasteiger partial charge is 0.493 e. The van der Waals surface area contributed by atoms with Crippen LogP contribution >= 0.6 is 0 Å². The zero-order valence-electron chi connectivity index (χ0n) is 7.92. The van der Waals surface area contributed by atoms with E-state index in [1.54, 1.807) is 14.0 Å². The Bertz CT molecular complexity index is 340. The summed E-state index contributed by atoms with van der Waals surface area (Å²) < 4.78 is 14.8. The zero-order chi connectivity index (χ0) is 9.84. The molecule has 0 saturated heterocycles. The van der Waals surface area contributed by atoms with Gasteiger partial charge < -0.3 is 13.9 Å². The zero-order valence-corrected chi connectivity index (χ0v) is 7.92. The molecule has 72 valence electrons. The summed E-state index contributed by atoms with van der Waals surface area (Å²) in [6.45, 7) is 2.02. The average Bonchev–Trinajstić information content (AvgIpc) is 2.04. The molecule has 0 spiro atoms. The maximum atomic E-state index is 11.0. The minimum absolute atomic E-state index is 0.343. The number of rotatable bonds is 3. The van der Waals surface area contributed by atoms with Gasteiger partial charge in [0.2, 0.25) is 0 Å². The number of hydrogen-bond donors (Lipinski definition) is 0. The maximum absolute atomic E-state index is 11.0. The number of methoxy groups -OCH3 is 2. The Labute approximate surface area is 76.1 Å². The van der Waals surface area contributed by atoms with Crippen LogP contribution in [0.1, 0.15) is 11.3 Å². The minimum atomic E-state index is -0.384. The monoisotopic (exact) mass is 184 g/mol. The molecule has 1 aromatic heterocycles. The van der Waals surface area contributed by atoms with Crippen LogP contribution in [0.3, 0.4) is 0 Å². The first-order valence-electron chi connectivity index (χ1n) is 3.85. The lowest BCUT2D eigenvalue weighted by Crippen LogP contribution is -2.05. The summed E-state index contributed by atoms with van der Waals surface area (Å²) in [5.74, 6) is 1.04. The lowest BCUT2D eigenvalue weighted by molar-refractivity contribution is 0.180. The predicted molar refractivity (Wildman–Crippen MR) is 47.0 cm³/mol. The molecule has 0 aliphatic carbocycles. The number of hydrogen-bond acceptors (Lipinski definition) is 4. The third-order valence-corrected chi connectivity index (χ3v) is 1.66. The van der Waals surface area contributed by atoms with Crippen LogP contribution in [-0.2, 0) is 11.3 Å². The second kappa shape index (κ2) is 4.09. The molecule has 1 aromatic rings. The smallest absolute Gasteiger partial charge is 0.336 e. The quantitative estimate of drug-likeness (QED) is 0.705. The van der Waals surface area contributed by atoms with Crippen LogP contribution in [0.4, 0.5) is 0 Å². The molecule has 0 fully saturated rings. The van der Waals surface area contributed by atoms with Crippen molar-refractivity contribution in [2.75, 3.05) is 14.2 Å². The van der Waals surface area contributed by atoms with E-state index < -0.39 is 0 Å². The Hall–Kier alpha value is -1.29. The fourth-order valence-electron chi connectivity index (χ4n) is 1.20. The van der Waals surface area contributed by atoms with Crippen LogP contribution in [0.25, 0.3) is 0 Å². The standard InChI is InChI=1S/C9H12O4/c1-6-9(12-3)7(5-11-2)4-8(10)13-6/h4H,5H2,1-3H3. The second-order valence-electron chi connectivity index (χ2n) is 2.61. The van der Waals surface area contributed by atoms with Crippen molar-refractivity contribution in [1.29, 1.82) is 0 Å². The van der Waals surface area contributed by atoms with E-state index in [1.807, 2.05) is 0 Å². The highest BCUT2D eigenvalue weighted by Gasteiger charge is 2.09. The lowest BCUT2D eigenvalue weighted by atomic mass is 10.2. The van der Waals surface area contributed by atoms with Crippen LogP contribution in [-0.4, -0.2) is 14.2 Å². The Kier molecular flexibility index (Phi) is 3.08. The predicted octanol–water partition coefficient (Wildman–Crippen LogP) is 1.10. The van der Waals surface area contributed by atoms with E-state index in [0.717, 1.165) is 0 Å². The molecular weight excluding hydrogens is 172 g/mol. The van der Waals surface area contributed by atoms with Gasteiger partial charge in [0.15, 0.2) is 5.75 Å². The van der Waals surface area contributed by atoms with E-state index >= 15 is 0 Å². The summed E-state index contributed by atoms with van der Waals surface area (Å²) in [7, 11) is 3.09. The van der Waals surface area contributed by atoms with Gasteiger partial charge in [-0.25, -0.2) is 4.79 Å². The third-order valence-electron chi connectivity index (χ3n) is 1.66. The van der Waals surface area contributed by atoms with Crippen molar-refractivity contribution in [3.8, 4) is 5.75 Å². The average molecular weight is 184 g/mol. The van der Waals surface area contributed by atoms with Crippen molar-refractivity contribution in [3.63, 3.8) is 0 Å². The van der Waals surface area contributed by atoms with Crippen molar-refractivity contribution in [2.24, 2.45) is 0 Å². The van der Waals surface area contributed by atoms with Gasteiger partial charge in [-0.3, -0.25) is 0 Å². The van der Waals surface area contributed by atoms with E-state index in [-0.39, 0.29) is 5.63 Å². The molecule has 0 N–H and O–H groups in total. The van der Waals surface area contributed by atoms with Crippen molar-refractivity contribution in [3.05, 3.63) is 27.8 Å². The molecule has 0 radical (unpaired) electrons. The van der Waals surface area contributed by atoms with Gasteiger partial charge in [0, 0.05) is 18.7 Å². The van der Waals surface area contributed by atoms with Crippen LogP contribution in [0, 0.1) is 6.92 Å². The molecule has 4 heteroatoms. The van der Waals surface area contributed by atoms with Gasteiger partial charge in [0.05, 0.1) is 13.7 Å². The van der Waals surface area contributed by atoms with Crippen LogP contribution in [0.15, 0.2) is 15.3 Å². The molecule has 4 nitrogen and oxygen atoms in total. The first-order chi connectivity index (χ1) is 6.19. The first kappa shape index (κ1) is 9.80. The van der Waals surface area contributed by atoms with Gasteiger partial charge in [-0.1, -0.05) is 0 Å². The van der Waals surface area contributed by atoms with Crippen molar-refractivity contribution < 1.29 is 13.9 Å². The second-order valence-corrected chi connectivity index (χ2v) is 2.61. The Balaban J connectivity index is 3.21. The summed E-state index contributed by atoms with van der Waals surface area (Å²) in [6.07, 6.45) is 0. The maximum Gasteiger partial charge on any atom is 0.336 e. The van der Waals surface area contributed by atoms with Gasteiger partial charge in [-0.15, -0.1) is 0 Å². The van der Waals surface area contributed by atoms with Gasteiger partial charge in [0.1, 0.15) is 5.76 Å². The minimum Gasteiger partial charge on any atom is -0.493 e. The summed E-state index contributed by atoms with van der Waals surface area (Å²) in [6, 6.07) is 1.37. The van der Waals surface area contributed by atoms with E-state index in [0.29, 0.717) is 23.7 Å². The SMILES string of the molecule is COCc1cc(=O)oc(C)c1OC. The highest BCUT2D eigenvalue weighted by molar-refractivity contribution is 5.33. The Morgan fingerprint density at radius 3 is 2.69 bits per heavy atom. The molecule has 0 unspecified atom stereocenters. The molecule has 0 aliphatic rings. The van der Waals surface area contributed by atoms with Crippen molar-refractivity contribution in [2.45, 2.75) is 13.5 Å². The summed E-state index contributed by atoms with van der Waals surface area (Å²) >= 11 is 0. The van der Waals surface area contributed by atoms with Crippen molar-refractivity contribution in [1.82, 2.24) is 0 Å². The van der Waals surface area contributed by atoms with E-state index in [1.165, 1.54) is 13.2 Å². The van der Waals surface area contributed by atoms with Crippen LogP contribution in [0.5, 0.6) is 5.75 Å². The fraction of sp³-hybridized carbons (Fsp3) is 0.444. The Morgan fingerprint density at radius 2 is 2.15 bits per heavy atom. The van der Waals surface area contributed by atoms with Gasteiger partial charge in [-0.05, 0) is 6.92 Å². The van der Waals surface area contributed by atoms with Crippen LogP contribution < -0.4 is 10.4 Å². The number of ether oxygens (including phenoxy) is 2. The lowest BCUT2D eigenvalue weighted by Gasteiger charge is -2.07. The van der Waals surface area contributed by atoms with E-state index in [4.69, 9.17) is 13.9 Å². The van der Waals surface area contributed by atoms with Crippen molar-refractivity contribution >= 4 is 0 Å². The molecule has 1 rings (SSSR count). The van der Waals surface area contributed by atoms with Gasteiger partial charge >= 0.3 is 5.63 Å². The first-order valence-corrected chi connectivity index (χ1v) is 3.85. The summed E-state index contributed by atoms with van der Waals surface area (Å²) in [4.78, 5) is 11.0. The highest BCUT2D eigenvalue weighted by atomic mass is 16.5. The third kappa shape index (κ3) is 2.09. The van der Waals surface area contributed by atoms with E-state index in [9.17, 15) is 4.79 Å². The topological polar surface area (TPSA) is 48.7 Å². The molecule has 0 aromatic carbocycles. The molecule has 1 heterocycles. The Morgan fingerprint density at radius 1 is 1.46 bits per heavy atom. The van der Waals surface area contributed by atoms with Gasteiger partial charge in [0.25, 0.3) is 0 Å². The normalized spacial score (nSPS) is 10.1. The number of aryl methyl sites for hydroxylation is 1. The molecule has 0 bridgehead atoms.